The topological polar surface area (TPSA) is 93.1 Å². The summed E-state index contributed by atoms with van der Waals surface area (Å²) in [5, 5.41) is 10.6. The van der Waals surface area contributed by atoms with Crippen molar-refractivity contribution in [2.24, 2.45) is 0 Å². The summed E-state index contributed by atoms with van der Waals surface area (Å²) >= 11 is 1.41. The number of aromatic nitrogens is 2. The lowest BCUT2D eigenvalue weighted by Gasteiger charge is -2.13. The van der Waals surface area contributed by atoms with Gasteiger partial charge in [-0.3, -0.25) is 14.4 Å². The Labute approximate surface area is 212 Å². The highest BCUT2D eigenvalue weighted by Gasteiger charge is 2.27. The van der Waals surface area contributed by atoms with E-state index in [2.05, 4.69) is 15.7 Å². The molecule has 36 heavy (non-hydrogen) atoms. The molecule has 182 valence electrons. The van der Waals surface area contributed by atoms with Crippen molar-refractivity contribution in [1.82, 2.24) is 15.1 Å². The summed E-state index contributed by atoms with van der Waals surface area (Å²) in [6.45, 7) is 2.37. The van der Waals surface area contributed by atoms with Gasteiger partial charge in [-0.2, -0.15) is 5.10 Å². The van der Waals surface area contributed by atoms with E-state index in [1.165, 1.54) is 28.3 Å². The summed E-state index contributed by atoms with van der Waals surface area (Å²) in [5.74, 6) is -0.858. The van der Waals surface area contributed by atoms with Crippen LogP contribution in [0.4, 0.5) is 5.00 Å². The quantitative estimate of drug-likeness (QED) is 0.404. The number of rotatable bonds is 6. The Morgan fingerprint density at radius 1 is 0.972 bits per heavy atom. The van der Waals surface area contributed by atoms with Gasteiger partial charge >= 0.3 is 0 Å². The van der Waals surface area contributed by atoms with Crippen molar-refractivity contribution in [2.75, 3.05) is 5.32 Å². The van der Waals surface area contributed by atoms with E-state index in [1.807, 2.05) is 61.5 Å². The Morgan fingerprint density at radius 2 is 1.72 bits per heavy atom. The molecule has 2 aromatic carbocycles. The zero-order valence-corrected chi connectivity index (χ0v) is 20.7. The number of thiophene rings is 1. The van der Waals surface area contributed by atoms with Crippen LogP contribution in [-0.4, -0.2) is 21.6 Å². The van der Waals surface area contributed by atoms with Crippen molar-refractivity contribution in [3.05, 3.63) is 110 Å². The molecule has 0 spiro atoms. The summed E-state index contributed by atoms with van der Waals surface area (Å²) in [7, 11) is 0. The van der Waals surface area contributed by atoms with Crippen LogP contribution in [0.1, 0.15) is 55.3 Å². The number of anilines is 1. The van der Waals surface area contributed by atoms with Gasteiger partial charge in [-0.15, -0.1) is 11.3 Å². The number of hydrogen-bond donors (Lipinski definition) is 2. The first kappa shape index (κ1) is 23.7. The van der Waals surface area contributed by atoms with E-state index in [-0.39, 0.29) is 11.6 Å². The van der Waals surface area contributed by atoms with Crippen LogP contribution in [0.5, 0.6) is 0 Å². The first-order chi connectivity index (χ1) is 17.5. The molecule has 0 fully saturated rings. The van der Waals surface area contributed by atoms with Gasteiger partial charge in [0.05, 0.1) is 11.3 Å². The molecule has 0 saturated heterocycles. The van der Waals surface area contributed by atoms with E-state index in [0.29, 0.717) is 17.1 Å². The first-order valence-corrected chi connectivity index (χ1v) is 12.8. The third-order valence-electron chi connectivity index (χ3n) is 6.24. The minimum atomic E-state index is -0.628. The highest BCUT2D eigenvalue weighted by molar-refractivity contribution is 7.17. The second kappa shape index (κ2) is 10.3. The molecule has 0 unspecified atom stereocenters. The van der Waals surface area contributed by atoms with Crippen molar-refractivity contribution < 1.29 is 9.59 Å². The molecule has 2 N–H and O–H groups in total. The highest BCUT2D eigenvalue weighted by Crippen LogP contribution is 2.38. The van der Waals surface area contributed by atoms with Gasteiger partial charge < -0.3 is 10.6 Å². The van der Waals surface area contributed by atoms with Crippen LogP contribution >= 0.6 is 11.3 Å². The van der Waals surface area contributed by atoms with Crippen LogP contribution in [0.15, 0.2) is 71.7 Å². The fraction of sp³-hybridized carbons (Fsp3) is 0.214. The number of fused-ring (bicyclic) bond motifs is 1. The first-order valence-electron chi connectivity index (χ1n) is 11.9. The van der Waals surface area contributed by atoms with Gasteiger partial charge in [-0.1, -0.05) is 48.0 Å². The molecule has 4 aromatic rings. The Bertz CT molecular complexity index is 1470. The van der Waals surface area contributed by atoms with E-state index < -0.39 is 11.3 Å². The largest absolute Gasteiger partial charge is 0.348 e. The number of carbonyl (C=O) groups excluding carboxylic acids is 2. The molecule has 2 heterocycles. The Balaban J connectivity index is 1.43. The molecule has 0 bridgehead atoms. The Hall–Kier alpha value is -4.04. The van der Waals surface area contributed by atoms with Gasteiger partial charge in [0.2, 0.25) is 5.43 Å². The lowest BCUT2D eigenvalue weighted by Crippen LogP contribution is -2.28. The Kier molecular flexibility index (Phi) is 6.77. The maximum absolute atomic E-state index is 13.3. The third-order valence-corrected chi connectivity index (χ3v) is 7.45. The average Bonchev–Trinajstić information content (AvgIpc) is 3.26. The van der Waals surface area contributed by atoms with Gasteiger partial charge in [-0.05, 0) is 55.9 Å². The van der Waals surface area contributed by atoms with Gasteiger partial charge in [0.1, 0.15) is 5.00 Å². The van der Waals surface area contributed by atoms with E-state index in [0.717, 1.165) is 52.9 Å². The monoisotopic (exact) mass is 498 g/mol. The minimum Gasteiger partial charge on any atom is -0.348 e. The smallest absolute Gasteiger partial charge is 0.280 e. The van der Waals surface area contributed by atoms with Crippen LogP contribution in [-0.2, 0) is 19.4 Å². The van der Waals surface area contributed by atoms with E-state index in [4.69, 9.17) is 0 Å². The van der Waals surface area contributed by atoms with Crippen molar-refractivity contribution in [2.45, 2.75) is 39.2 Å². The zero-order valence-electron chi connectivity index (χ0n) is 19.9. The molecule has 2 aromatic heterocycles. The van der Waals surface area contributed by atoms with Crippen LogP contribution in [0.25, 0.3) is 5.69 Å². The zero-order chi connectivity index (χ0) is 25.1. The fourth-order valence-corrected chi connectivity index (χ4v) is 5.61. The predicted octanol–water partition coefficient (Wildman–Crippen LogP) is 4.66. The lowest BCUT2D eigenvalue weighted by molar-refractivity contribution is 0.0951. The van der Waals surface area contributed by atoms with Crippen molar-refractivity contribution in [3.63, 3.8) is 0 Å². The number of nitrogens with one attached hydrogen (secondary N) is 2. The lowest BCUT2D eigenvalue weighted by atomic mass is 9.95. The van der Waals surface area contributed by atoms with Crippen LogP contribution < -0.4 is 16.1 Å². The maximum Gasteiger partial charge on any atom is 0.280 e. The van der Waals surface area contributed by atoms with E-state index in [9.17, 15) is 14.4 Å². The van der Waals surface area contributed by atoms with Crippen LogP contribution in [0, 0.1) is 6.92 Å². The normalized spacial score (nSPS) is 12.6. The average molecular weight is 499 g/mol. The van der Waals surface area contributed by atoms with E-state index in [1.54, 1.807) is 0 Å². The highest BCUT2D eigenvalue weighted by atomic mass is 32.1. The molecule has 1 aliphatic carbocycles. The molecule has 7 nitrogen and oxygen atoms in total. The number of aryl methyl sites for hydroxylation is 2. The molecule has 0 radical (unpaired) electrons. The summed E-state index contributed by atoms with van der Waals surface area (Å²) in [6, 6.07) is 18.6. The second-order valence-corrected chi connectivity index (χ2v) is 9.95. The molecular formula is C28H26N4O3S. The van der Waals surface area contributed by atoms with Crippen molar-refractivity contribution >= 4 is 28.2 Å². The number of nitrogens with zero attached hydrogens (tertiary/aromatic N) is 2. The number of benzene rings is 2. The van der Waals surface area contributed by atoms with E-state index >= 15 is 0 Å². The minimum absolute atomic E-state index is 0.222. The third kappa shape index (κ3) is 4.99. The molecule has 2 amide bonds. The molecule has 1 aliphatic rings. The summed E-state index contributed by atoms with van der Waals surface area (Å²) in [5.41, 5.74) is 3.61. The molecule has 0 atom stereocenters. The van der Waals surface area contributed by atoms with Crippen LogP contribution in [0.2, 0.25) is 0 Å². The van der Waals surface area contributed by atoms with Crippen molar-refractivity contribution in [1.29, 1.82) is 0 Å². The molecular weight excluding hydrogens is 472 g/mol. The SMILES string of the molecule is Cc1ccc(-n2ccc(=O)c(C(=O)Nc3sc4c(c3C(=O)NCc3ccccc3)CCCC4)n2)cc1. The number of hydrogen-bond acceptors (Lipinski definition) is 5. The van der Waals surface area contributed by atoms with Gasteiger partial charge in [0.15, 0.2) is 5.69 Å². The standard InChI is InChI=1S/C28H26N4O3S/c1-18-11-13-20(14-12-18)32-16-15-22(33)25(31-32)27(35)30-28-24(21-9-5-6-10-23(21)36-28)26(34)29-17-19-7-3-2-4-8-19/h2-4,7-8,11-16H,5-6,9-10,17H2,1H3,(H,29,34)(H,30,35). The summed E-state index contributed by atoms with van der Waals surface area (Å²) in [6.07, 6.45) is 5.25. The predicted molar refractivity (Wildman–Crippen MR) is 141 cm³/mol. The molecule has 5 rings (SSSR count). The number of amides is 2. The number of carbonyl (C=O) groups is 2. The molecule has 0 saturated carbocycles. The second-order valence-electron chi connectivity index (χ2n) is 8.85. The summed E-state index contributed by atoms with van der Waals surface area (Å²) in [4.78, 5) is 40.2. The molecule has 8 heteroatoms. The van der Waals surface area contributed by atoms with Gasteiger partial charge in [0, 0.05) is 23.7 Å². The summed E-state index contributed by atoms with van der Waals surface area (Å²) < 4.78 is 1.50. The molecule has 0 aliphatic heterocycles. The van der Waals surface area contributed by atoms with Crippen LogP contribution in [0.3, 0.4) is 0 Å². The Morgan fingerprint density at radius 3 is 2.50 bits per heavy atom. The fourth-order valence-electron chi connectivity index (χ4n) is 4.33. The van der Waals surface area contributed by atoms with Gasteiger partial charge in [0.25, 0.3) is 11.8 Å². The van der Waals surface area contributed by atoms with Gasteiger partial charge in [-0.25, -0.2) is 4.68 Å². The van der Waals surface area contributed by atoms with Crippen molar-refractivity contribution in [3.8, 4) is 5.69 Å². The maximum atomic E-state index is 13.3.